The van der Waals surface area contributed by atoms with Crippen molar-refractivity contribution in [3.8, 4) is 0 Å². The van der Waals surface area contributed by atoms with Crippen LogP contribution in [0.5, 0.6) is 0 Å². The van der Waals surface area contributed by atoms with Crippen molar-refractivity contribution < 1.29 is 27.9 Å². The number of carboxylic acid groups (broad SMARTS) is 1. The second-order valence-corrected chi connectivity index (χ2v) is 7.83. The quantitative estimate of drug-likeness (QED) is 0.757. The summed E-state index contributed by atoms with van der Waals surface area (Å²) in [5.74, 6) is -2.25. The van der Waals surface area contributed by atoms with Crippen LogP contribution in [0.2, 0.25) is 0 Å². The van der Waals surface area contributed by atoms with Crippen LogP contribution < -0.4 is 4.72 Å². The Bertz CT molecular complexity index is 673. The minimum Gasteiger partial charge on any atom is -0.480 e. The van der Waals surface area contributed by atoms with Gasteiger partial charge in [-0.25, -0.2) is 8.42 Å². The largest absolute Gasteiger partial charge is 0.480 e. The minimum absolute atomic E-state index is 0.0708. The monoisotopic (exact) mass is 343 g/mol. The van der Waals surface area contributed by atoms with Gasteiger partial charge in [-0.05, 0) is 39.8 Å². The van der Waals surface area contributed by atoms with Gasteiger partial charge in [-0.15, -0.1) is 0 Å². The molecule has 0 fully saturated rings. The number of nitrogens with one attached hydrogen (secondary N) is 1. The zero-order chi connectivity index (χ0) is 17.8. The molecule has 23 heavy (non-hydrogen) atoms. The van der Waals surface area contributed by atoms with Crippen molar-refractivity contribution in [3.63, 3.8) is 0 Å². The van der Waals surface area contributed by atoms with Crippen molar-refractivity contribution in [1.29, 1.82) is 0 Å². The van der Waals surface area contributed by atoms with Crippen LogP contribution in [0.4, 0.5) is 0 Å². The predicted molar refractivity (Wildman–Crippen MR) is 83.4 cm³/mol. The molecule has 7 nitrogen and oxygen atoms in total. The van der Waals surface area contributed by atoms with Crippen LogP contribution in [-0.4, -0.2) is 37.1 Å². The number of aliphatic carboxylic acids is 1. The number of ether oxygens (including phenoxy) is 1. The van der Waals surface area contributed by atoms with Gasteiger partial charge in [-0.2, -0.15) is 4.72 Å². The van der Waals surface area contributed by atoms with Crippen molar-refractivity contribution in [1.82, 2.24) is 4.72 Å². The number of hydrogen-bond acceptors (Lipinski definition) is 5. The van der Waals surface area contributed by atoms with Gasteiger partial charge in [0.15, 0.2) is 0 Å². The number of sulfonamides is 1. The third-order valence-corrected chi connectivity index (χ3v) is 4.21. The fourth-order valence-electron chi connectivity index (χ4n) is 1.70. The highest BCUT2D eigenvalue weighted by atomic mass is 32.2. The Morgan fingerprint density at radius 3 is 2.17 bits per heavy atom. The molecule has 1 rings (SSSR count). The minimum atomic E-state index is -4.05. The van der Waals surface area contributed by atoms with Crippen molar-refractivity contribution >= 4 is 22.0 Å². The maximum atomic E-state index is 12.2. The van der Waals surface area contributed by atoms with Gasteiger partial charge in [-0.1, -0.05) is 17.7 Å². The number of carbonyl (C=O) groups is 2. The summed E-state index contributed by atoms with van der Waals surface area (Å²) in [6.07, 6.45) is -0.600. The van der Waals surface area contributed by atoms with E-state index in [1.165, 1.54) is 12.1 Å². The Balaban J connectivity index is 2.89. The molecule has 0 unspecified atom stereocenters. The molecule has 0 radical (unpaired) electrons. The lowest BCUT2D eigenvalue weighted by Crippen LogP contribution is -2.43. The molecule has 1 aromatic carbocycles. The van der Waals surface area contributed by atoms with Gasteiger partial charge in [0.25, 0.3) is 0 Å². The van der Waals surface area contributed by atoms with Crippen LogP contribution in [0, 0.1) is 6.92 Å². The number of aryl methyl sites for hydroxylation is 1. The van der Waals surface area contributed by atoms with E-state index in [-0.39, 0.29) is 4.90 Å². The Morgan fingerprint density at radius 2 is 1.74 bits per heavy atom. The Kier molecular flexibility index (Phi) is 5.90. The average molecular weight is 343 g/mol. The zero-order valence-electron chi connectivity index (χ0n) is 13.5. The van der Waals surface area contributed by atoms with Gasteiger partial charge in [0.2, 0.25) is 10.0 Å². The molecule has 0 bridgehead atoms. The van der Waals surface area contributed by atoms with Crippen molar-refractivity contribution in [2.75, 3.05) is 0 Å². The Hall–Kier alpha value is -1.93. The Labute approximate surface area is 135 Å². The number of esters is 1. The normalized spacial score (nSPS) is 13.4. The summed E-state index contributed by atoms with van der Waals surface area (Å²) in [5, 5.41) is 9.14. The molecule has 0 aliphatic rings. The lowest BCUT2D eigenvalue weighted by atomic mass is 10.2. The summed E-state index contributed by atoms with van der Waals surface area (Å²) in [6, 6.07) is 4.32. The molecular formula is C15H21NO6S. The first-order valence-electron chi connectivity index (χ1n) is 6.94. The van der Waals surface area contributed by atoms with Gasteiger partial charge >= 0.3 is 11.9 Å². The molecule has 0 saturated carbocycles. The molecule has 128 valence electrons. The van der Waals surface area contributed by atoms with E-state index in [0.717, 1.165) is 5.56 Å². The fraction of sp³-hybridized carbons (Fsp3) is 0.467. The molecular weight excluding hydrogens is 322 g/mol. The number of benzene rings is 1. The predicted octanol–water partition coefficient (Wildman–Crippen LogP) is 1.46. The van der Waals surface area contributed by atoms with Gasteiger partial charge in [-0.3, -0.25) is 9.59 Å². The lowest BCUT2D eigenvalue weighted by molar-refractivity contribution is -0.158. The summed E-state index contributed by atoms with van der Waals surface area (Å²) in [4.78, 5) is 22.9. The molecule has 0 aliphatic carbocycles. The number of rotatable bonds is 6. The highest BCUT2D eigenvalue weighted by Crippen LogP contribution is 2.13. The third-order valence-electron chi connectivity index (χ3n) is 2.72. The summed E-state index contributed by atoms with van der Waals surface area (Å²) in [5.41, 5.74) is 0.0863. The van der Waals surface area contributed by atoms with E-state index in [0.29, 0.717) is 0 Å². The molecule has 2 N–H and O–H groups in total. The topological polar surface area (TPSA) is 110 Å². The first-order chi connectivity index (χ1) is 10.4. The van der Waals surface area contributed by atoms with Crippen LogP contribution in [-0.2, 0) is 24.3 Å². The number of hydrogen-bond donors (Lipinski definition) is 2. The van der Waals surface area contributed by atoms with Crippen LogP contribution in [0.1, 0.15) is 32.8 Å². The molecule has 0 heterocycles. The first-order valence-corrected chi connectivity index (χ1v) is 8.43. The van der Waals surface area contributed by atoms with Gasteiger partial charge < -0.3 is 9.84 Å². The molecule has 1 aromatic rings. The van der Waals surface area contributed by atoms with Crippen LogP contribution in [0.15, 0.2) is 29.2 Å². The summed E-state index contributed by atoms with van der Waals surface area (Å²) in [7, 11) is -4.05. The molecule has 1 atom stereocenters. The first kappa shape index (κ1) is 19.1. The number of carbonyl (C=O) groups excluding carboxylic acids is 1. The summed E-state index contributed by atoms with van der Waals surface area (Å²) >= 11 is 0. The average Bonchev–Trinajstić information content (AvgIpc) is 2.35. The highest BCUT2D eigenvalue weighted by molar-refractivity contribution is 7.89. The standard InChI is InChI=1S/C15H21NO6S/c1-10-5-7-11(8-6-10)23(20,21)16-12(14(18)19)9-13(17)22-15(2,3)4/h5-8,12,16H,9H2,1-4H3,(H,18,19)/t12-/m1/s1. The van der Waals surface area contributed by atoms with E-state index < -0.39 is 40.0 Å². The van der Waals surface area contributed by atoms with E-state index in [1.54, 1.807) is 39.8 Å². The van der Waals surface area contributed by atoms with Gasteiger partial charge in [0.1, 0.15) is 11.6 Å². The smallest absolute Gasteiger partial charge is 0.322 e. The van der Waals surface area contributed by atoms with Crippen molar-refractivity contribution in [2.24, 2.45) is 0 Å². The van der Waals surface area contributed by atoms with E-state index >= 15 is 0 Å². The molecule has 8 heteroatoms. The van der Waals surface area contributed by atoms with Crippen molar-refractivity contribution in [3.05, 3.63) is 29.8 Å². The number of carboxylic acids is 1. The maximum Gasteiger partial charge on any atom is 0.322 e. The zero-order valence-corrected chi connectivity index (χ0v) is 14.3. The second-order valence-electron chi connectivity index (χ2n) is 6.12. The van der Waals surface area contributed by atoms with E-state index in [2.05, 4.69) is 0 Å². The molecule has 0 aliphatic heterocycles. The molecule has 0 aromatic heterocycles. The third kappa shape index (κ3) is 6.37. The van der Waals surface area contributed by atoms with E-state index in [9.17, 15) is 18.0 Å². The van der Waals surface area contributed by atoms with Gasteiger partial charge in [0, 0.05) is 0 Å². The molecule has 0 amide bonds. The van der Waals surface area contributed by atoms with Crippen LogP contribution >= 0.6 is 0 Å². The summed E-state index contributed by atoms with van der Waals surface area (Å²) < 4.78 is 31.4. The lowest BCUT2D eigenvalue weighted by Gasteiger charge is -2.21. The van der Waals surface area contributed by atoms with E-state index in [1.807, 2.05) is 4.72 Å². The molecule has 0 spiro atoms. The van der Waals surface area contributed by atoms with Crippen molar-refractivity contribution in [2.45, 2.75) is 50.7 Å². The van der Waals surface area contributed by atoms with Gasteiger partial charge in [0.05, 0.1) is 11.3 Å². The Morgan fingerprint density at radius 1 is 1.22 bits per heavy atom. The van der Waals surface area contributed by atoms with E-state index in [4.69, 9.17) is 9.84 Å². The highest BCUT2D eigenvalue weighted by Gasteiger charge is 2.29. The van der Waals surface area contributed by atoms with Crippen LogP contribution in [0.3, 0.4) is 0 Å². The molecule has 0 saturated heterocycles. The summed E-state index contributed by atoms with van der Waals surface area (Å²) in [6.45, 7) is 6.71. The van der Waals surface area contributed by atoms with Crippen LogP contribution in [0.25, 0.3) is 0 Å². The second kappa shape index (κ2) is 7.10. The maximum absolute atomic E-state index is 12.2. The SMILES string of the molecule is Cc1ccc(S(=O)(=O)N[C@H](CC(=O)OC(C)(C)C)C(=O)O)cc1. The fourth-order valence-corrected chi connectivity index (χ4v) is 2.89.